The first-order chi connectivity index (χ1) is 6.25. The van der Waals surface area contributed by atoms with Crippen molar-refractivity contribution in [3.63, 3.8) is 0 Å². The van der Waals surface area contributed by atoms with E-state index in [1.165, 1.54) is 0 Å². The molecule has 0 amide bonds. The van der Waals surface area contributed by atoms with E-state index in [0.717, 1.165) is 23.0 Å². The van der Waals surface area contributed by atoms with Crippen molar-refractivity contribution in [2.75, 3.05) is 0 Å². The van der Waals surface area contributed by atoms with Crippen LogP contribution in [0.25, 0.3) is 0 Å². The molecule has 0 atom stereocenters. The van der Waals surface area contributed by atoms with E-state index < -0.39 is 0 Å². The number of hydrogen-bond donors (Lipinski definition) is 0. The number of pyridine rings is 1. The third-order valence-electron chi connectivity index (χ3n) is 1.92. The van der Waals surface area contributed by atoms with Gasteiger partial charge in [-0.25, -0.2) is 0 Å². The van der Waals surface area contributed by atoms with Gasteiger partial charge in [-0.15, -0.1) is 0 Å². The molecule has 2 heterocycles. The molecule has 1 aromatic heterocycles. The fourth-order valence-electron chi connectivity index (χ4n) is 1.30. The van der Waals surface area contributed by atoms with Crippen molar-refractivity contribution in [1.82, 2.24) is 4.98 Å². The van der Waals surface area contributed by atoms with Gasteiger partial charge in [0.25, 0.3) is 0 Å². The van der Waals surface area contributed by atoms with Crippen LogP contribution >= 0.6 is 15.9 Å². The van der Waals surface area contributed by atoms with Crippen LogP contribution in [0.3, 0.4) is 0 Å². The number of aromatic nitrogens is 1. The molecule has 0 spiro atoms. The molecule has 4 heteroatoms. The molecule has 0 saturated heterocycles. The highest BCUT2D eigenvalue weighted by molar-refractivity contribution is 9.10. The molecule has 0 bridgehead atoms. The van der Waals surface area contributed by atoms with E-state index in [4.69, 9.17) is 4.74 Å². The third kappa shape index (κ3) is 1.88. The summed E-state index contributed by atoms with van der Waals surface area (Å²) < 4.78 is 5.94. The van der Waals surface area contributed by atoms with E-state index >= 15 is 0 Å². The predicted octanol–water partition coefficient (Wildman–Crippen LogP) is 2.09. The van der Waals surface area contributed by atoms with Gasteiger partial charge in [0.1, 0.15) is 0 Å². The van der Waals surface area contributed by atoms with Gasteiger partial charge in [0.15, 0.2) is 5.75 Å². The Morgan fingerprint density at radius 1 is 1.46 bits per heavy atom. The minimum absolute atomic E-state index is 0.168. The van der Waals surface area contributed by atoms with Crippen LogP contribution in [0.2, 0.25) is 0 Å². The van der Waals surface area contributed by atoms with Crippen molar-refractivity contribution >= 4 is 21.9 Å². The van der Waals surface area contributed by atoms with E-state index in [0.29, 0.717) is 12.2 Å². The van der Waals surface area contributed by atoms with Gasteiger partial charge < -0.3 is 4.74 Å². The lowest BCUT2D eigenvalue weighted by Gasteiger charge is -2.03. The number of carbonyl (C=O) groups excluding carboxylic acids is 1. The highest BCUT2D eigenvalue weighted by Crippen LogP contribution is 2.25. The van der Waals surface area contributed by atoms with Gasteiger partial charge in [-0.1, -0.05) is 0 Å². The summed E-state index contributed by atoms with van der Waals surface area (Å²) in [5.74, 6) is 0.426. The van der Waals surface area contributed by atoms with Crippen molar-refractivity contribution in [2.24, 2.45) is 0 Å². The van der Waals surface area contributed by atoms with E-state index in [1.807, 2.05) is 0 Å². The van der Waals surface area contributed by atoms with Crippen LogP contribution in [-0.4, -0.2) is 11.0 Å². The van der Waals surface area contributed by atoms with Crippen LogP contribution in [0.15, 0.2) is 16.7 Å². The standard InChI is InChI=1S/C9H8BrNO2/c10-6-4-8-7(11-5-6)2-1-3-9(12)13-8/h4-5H,1-3H2. The first kappa shape index (κ1) is 8.69. The Morgan fingerprint density at radius 2 is 2.31 bits per heavy atom. The molecule has 68 valence electrons. The Hall–Kier alpha value is -0.900. The topological polar surface area (TPSA) is 39.2 Å². The van der Waals surface area contributed by atoms with Crippen LogP contribution in [-0.2, 0) is 11.2 Å². The normalized spacial score (nSPS) is 15.9. The van der Waals surface area contributed by atoms with Crippen molar-refractivity contribution in [2.45, 2.75) is 19.3 Å². The number of ether oxygens (including phenoxy) is 1. The highest BCUT2D eigenvalue weighted by Gasteiger charge is 2.15. The monoisotopic (exact) mass is 241 g/mol. The summed E-state index contributed by atoms with van der Waals surface area (Å²) >= 11 is 3.28. The van der Waals surface area contributed by atoms with Crippen molar-refractivity contribution in [1.29, 1.82) is 0 Å². The summed E-state index contributed by atoms with van der Waals surface area (Å²) in [6.07, 6.45) is 3.83. The number of fused-ring (bicyclic) bond motifs is 1. The van der Waals surface area contributed by atoms with E-state index in [9.17, 15) is 4.79 Å². The molecular formula is C9H8BrNO2. The summed E-state index contributed by atoms with van der Waals surface area (Å²) in [7, 11) is 0. The molecule has 1 aliphatic rings. The largest absolute Gasteiger partial charge is 0.425 e. The Balaban J connectivity index is 2.40. The van der Waals surface area contributed by atoms with E-state index in [1.54, 1.807) is 12.3 Å². The molecule has 0 aliphatic carbocycles. The van der Waals surface area contributed by atoms with Crippen LogP contribution in [0.1, 0.15) is 18.5 Å². The molecule has 3 nitrogen and oxygen atoms in total. The first-order valence-corrected chi connectivity index (χ1v) is 4.90. The number of rotatable bonds is 0. The number of nitrogens with zero attached hydrogens (tertiary/aromatic N) is 1. The second-order valence-corrected chi connectivity index (χ2v) is 3.84. The van der Waals surface area contributed by atoms with E-state index in [2.05, 4.69) is 20.9 Å². The molecule has 1 aliphatic heterocycles. The smallest absolute Gasteiger partial charge is 0.311 e. The minimum atomic E-state index is -0.168. The zero-order valence-electron chi connectivity index (χ0n) is 6.92. The molecule has 2 rings (SSSR count). The maximum absolute atomic E-state index is 11.1. The summed E-state index contributed by atoms with van der Waals surface area (Å²) in [5, 5.41) is 0. The Kier molecular flexibility index (Phi) is 2.31. The Bertz CT molecular complexity index is 351. The van der Waals surface area contributed by atoms with Gasteiger partial charge in [0, 0.05) is 17.1 Å². The highest BCUT2D eigenvalue weighted by atomic mass is 79.9. The quantitative estimate of drug-likeness (QED) is 0.654. The second kappa shape index (κ2) is 3.46. The number of halogens is 1. The predicted molar refractivity (Wildman–Crippen MR) is 50.5 cm³/mol. The fourth-order valence-corrected chi connectivity index (χ4v) is 1.61. The molecule has 0 N–H and O–H groups in total. The van der Waals surface area contributed by atoms with Crippen LogP contribution in [0.4, 0.5) is 0 Å². The molecule has 0 saturated carbocycles. The van der Waals surface area contributed by atoms with Crippen LogP contribution in [0, 0.1) is 0 Å². The Morgan fingerprint density at radius 3 is 3.15 bits per heavy atom. The van der Waals surface area contributed by atoms with Crippen molar-refractivity contribution in [3.8, 4) is 5.75 Å². The lowest BCUT2D eigenvalue weighted by Crippen LogP contribution is -2.05. The van der Waals surface area contributed by atoms with Crippen LogP contribution in [0.5, 0.6) is 5.75 Å². The zero-order valence-corrected chi connectivity index (χ0v) is 8.50. The summed E-state index contributed by atoms with van der Waals surface area (Å²) in [6.45, 7) is 0. The summed E-state index contributed by atoms with van der Waals surface area (Å²) in [4.78, 5) is 15.3. The lowest BCUT2D eigenvalue weighted by atomic mass is 10.2. The molecule has 0 unspecified atom stereocenters. The maximum Gasteiger partial charge on any atom is 0.311 e. The minimum Gasteiger partial charge on any atom is -0.425 e. The SMILES string of the molecule is O=C1CCCc2ncc(Br)cc2O1. The van der Waals surface area contributed by atoms with Gasteiger partial charge in [-0.05, 0) is 34.8 Å². The number of hydrogen-bond acceptors (Lipinski definition) is 3. The third-order valence-corrected chi connectivity index (χ3v) is 2.35. The number of carbonyl (C=O) groups is 1. The summed E-state index contributed by atoms with van der Waals surface area (Å²) in [6, 6.07) is 1.78. The van der Waals surface area contributed by atoms with Crippen molar-refractivity contribution in [3.05, 3.63) is 22.4 Å². The Labute approximate surface area is 84.2 Å². The first-order valence-electron chi connectivity index (χ1n) is 4.11. The number of esters is 1. The van der Waals surface area contributed by atoms with E-state index in [-0.39, 0.29) is 5.97 Å². The average molecular weight is 242 g/mol. The molecule has 13 heavy (non-hydrogen) atoms. The van der Waals surface area contributed by atoms with Gasteiger partial charge in [-0.2, -0.15) is 0 Å². The summed E-state index contributed by atoms with van der Waals surface area (Å²) in [5.41, 5.74) is 0.869. The second-order valence-electron chi connectivity index (χ2n) is 2.93. The molecule has 0 fully saturated rings. The molecular weight excluding hydrogens is 234 g/mol. The van der Waals surface area contributed by atoms with Gasteiger partial charge >= 0.3 is 5.97 Å². The molecule has 0 radical (unpaired) electrons. The maximum atomic E-state index is 11.1. The molecule has 1 aromatic rings. The van der Waals surface area contributed by atoms with Crippen LogP contribution < -0.4 is 4.74 Å². The zero-order chi connectivity index (χ0) is 9.26. The fraction of sp³-hybridized carbons (Fsp3) is 0.333. The number of aryl methyl sites for hydroxylation is 1. The van der Waals surface area contributed by atoms with Gasteiger partial charge in [0.2, 0.25) is 0 Å². The van der Waals surface area contributed by atoms with Crippen molar-refractivity contribution < 1.29 is 9.53 Å². The van der Waals surface area contributed by atoms with Gasteiger partial charge in [0.05, 0.1) is 5.69 Å². The average Bonchev–Trinajstić information content (AvgIpc) is 2.25. The molecule has 0 aromatic carbocycles. The van der Waals surface area contributed by atoms with Gasteiger partial charge in [-0.3, -0.25) is 9.78 Å². The lowest BCUT2D eigenvalue weighted by molar-refractivity contribution is -0.134.